The molecule has 1 aromatic carbocycles. The van der Waals surface area contributed by atoms with Crippen LogP contribution in [0, 0.1) is 39.0 Å². The van der Waals surface area contributed by atoms with Gasteiger partial charge in [-0.05, 0) is 38.8 Å². The molecule has 0 spiro atoms. The number of benzene rings is 1. The van der Waals surface area contributed by atoms with E-state index in [0.29, 0.717) is 16.8 Å². The Balaban J connectivity index is 2.64. The van der Waals surface area contributed by atoms with E-state index < -0.39 is 0 Å². The fourth-order valence-corrected chi connectivity index (χ4v) is 2.66. The van der Waals surface area contributed by atoms with Crippen LogP contribution in [0.3, 0.4) is 0 Å². The summed E-state index contributed by atoms with van der Waals surface area (Å²) in [5.41, 5.74) is 5.59. The molecule has 0 N–H and O–H groups in total. The number of carbonyl (C=O) groups is 1. The van der Waals surface area contributed by atoms with Crippen LogP contribution < -0.4 is 0 Å². The number of carbonyl (C=O) groups excluding carboxylic acids is 1. The van der Waals surface area contributed by atoms with Crippen LogP contribution in [0.5, 0.6) is 0 Å². The quantitative estimate of drug-likeness (QED) is 0.782. The molecule has 0 bridgehead atoms. The van der Waals surface area contributed by atoms with E-state index in [4.69, 9.17) is 0 Å². The number of rotatable bonds is 2. The second kappa shape index (κ2) is 4.97. The van der Waals surface area contributed by atoms with Crippen LogP contribution in [0.4, 0.5) is 0 Å². The lowest BCUT2D eigenvalue weighted by Gasteiger charge is -2.09. The van der Waals surface area contributed by atoms with Gasteiger partial charge in [-0.15, -0.1) is 0 Å². The Kier molecular flexibility index (Phi) is 3.50. The van der Waals surface area contributed by atoms with Gasteiger partial charge in [0.25, 0.3) is 0 Å². The predicted molar refractivity (Wildman–Crippen MR) is 79.0 cm³/mol. The zero-order valence-corrected chi connectivity index (χ0v) is 12.5. The molecule has 20 heavy (non-hydrogen) atoms. The molecule has 0 unspecified atom stereocenters. The SMILES string of the molecule is Cc1ccc(C(=O)c2c(C)c(C#N)c(C)n2C)c(C)c1. The number of hydrogen-bond donors (Lipinski definition) is 0. The van der Waals surface area contributed by atoms with Crippen LogP contribution in [-0.4, -0.2) is 10.4 Å². The fraction of sp³-hybridized carbons (Fsp3) is 0.294. The monoisotopic (exact) mass is 266 g/mol. The van der Waals surface area contributed by atoms with Gasteiger partial charge in [0.1, 0.15) is 6.07 Å². The van der Waals surface area contributed by atoms with Gasteiger partial charge in [0.15, 0.2) is 0 Å². The summed E-state index contributed by atoms with van der Waals surface area (Å²) in [5, 5.41) is 9.21. The second-order valence-corrected chi connectivity index (χ2v) is 5.25. The molecule has 3 nitrogen and oxygen atoms in total. The van der Waals surface area contributed by atoms with E-state index in [1.165, 1.54) is 0 Å². The molecule has 1 aromatic heterocycles. The smallest absolute Gasteiger partial charge is 0.209 e. The lowest BCUT2D eigenvalue weighted by atomic mass is 9.98. The van der Waals surface area contributed by atoms with Crippen LogP contribution in [0.1, 0.15) is 44.0 Å². The molecule has 0 aliphatic rings. The standard InChI is InChI=1S/C17H18N2O/c1-10-6-7-14(11(2)8-10)17(20)16-12(3)15(9-18)13(4)19(16)5/h6-8H,1-5H3. The molecule has 0 saturated carbocycles. The molecular weight excluding hydrogens is 248 g/mol. The van der Waals surface area contributed by atoms with E-state index in [1.807, 2.05) is 57.5 Å². The molecule has 2 aromatic rings. The molecule has 0 aliphatic carbocycles. The third-order valence-electron chi connectivity index (χ3n) is 3.88. The van der Waals surface area contributed by atoms with Crippen LogP contribution >= 0.6 is 0 Å². The highest BCUT2D eigenvalue weighted by molar-refractivity contribution is 6.10. The molecule has 0 aliphatic heterocycles. The highest BCUT2D eigenvalue weighted by Crippen LogP contribution is 2.24. The van der Waals surface area contributed by atoms with E-state index in [0.717, 1.165) is 22.4 Å². The van der Waals surface area contributed by atoms with Gasteiger partial charge in [0, 0.05) is 18.3 Å². The van der Waals surface area contributed by atoms with Gasteiger partial charge in [0.05, 0.1) is 11.3 Å². The van der Waals surface area contributed by atoms with Gasteiger partial charge in [-0.25, -0.2) is 0 Å². The van der Waals surface area contributed by atoms with Gasteiger partial charge in [0.2, 0.25) is 5.78 Å². The van der Waals surface area contributed by atoms with Crippen molar-refractivity contribution in [1.82, 2.24) is 4.57 Å². The predicted octanol–water partition coefficient (Wildman–Crippen LogP) is 3.36. The summed E-state index contributed by atoms with van der Waals surface area (Å²) in [4.78, 5) is 12.8. The van der Waals surface area contributed by atoms with E-state index in [1.54, 1.807) is 0 Å². The van der Waals surface area contributed by atoms with Crippen molar-refractivity contribution >= 4 is 5.78 Å². The summed E-state index contributed by atoms with van der Waals surface area (Å²) in [7, 11) is 1.83. The zero-order chi connectivity index (χ0) is 15.0. The Morgan fingerprint density at radius 1 is 1.20 bits per heavy atom. The summed E-state index contributed by atoms with van der Waals surface area (Å²) >= 11 is 0. The summed E-state index contributed by atoms with van der Waals surface area (Å²) in [5.74, 6) is -0.0212. The minimum atomic E-state index is -0.0212. The summed E-state index contributed by atoms with van der Waals surface area (Å²) in [6.07, 6.45) is 0. The number of aromatic nitrogens is 1. The molecule has 102 valence electrons. The maximum absolute atomic E-state index is 12.8. The Morgan fingerprint density at radius 3 is 2.35 bits per heavy atom. The minimum absolute atomic E-state index is 0.0212. The van der Waals surface area contributed by atoms with Crippen molar-refractivity contribution in [1.29, 1.82) is 5.26 Å². The van der Waals surface area contributed by atoms with E-state index in [2.05, 4.69) is 6.07 Å². The van der Waals surface area contributed by atoms with E-state index in [-0.39, 0.29) is 5.78 Å². The third kappa shape index (κ3) is 2.04. The zero-order valence-electron chi connectivity index (χ0n) is 12.5. The van der Waals surface area contributed by atoms with Crippen LogP contribution in [-0.2, 0) is 7.05 Å². The van der Waals surface area contributed by atoms with Gasteiger partial charge in [-0.2, -0.15) is 5.26 Å². The molecule has 0 radical (unpaired) electrons. The van der Waals surface area contributed by atoms with Crippen LogP contribution in [0.25, 0.3) is 0 Å². The van der Waals surface area contributed by atoms with Gasteiger partial charge >= 0.3 is 0 Å². The molecule has 0 atom stereocenters. The number of ketones is 1. The Bertz CT molecular complexity index is 745. The molecule has 0 amide bonds. The van der Waals surface area contributed by atoms with Crippen molar-refractivity contribution < 1.29 is 4.79 Å². The summed E-state index contributed by atoms with van der Waals surface area (Å²) in [6, 6.07) is 7.99. The number of hydrogen-bond acceptors (Lipinski definition) is 2. The normalized spacial score (nSPS) is 10.4. The summed E-state index contributed by atoms with van der Waals surface area (Å²) in [6.45, 7) is 7.65. The van der Waals surface area contributed by atoms with E-state index >= 15 is 0 Å². The van der Waals surface area contributed by atoms with Crippen molar-refractivity contribution in [3.8, 4) is 6.07 Å². The highest BCUT2D eigenvalue weighted by Gasteiger charge is 2.22. The second-order valence-electron chi connectivity index (χ2n) is 5.25. The van der Waals surface area contributed by atoms with E-state index in [9.17, 15) is 10.1 Å². The maximum atomic E-state index is 12.8. The summed E-state index contributed by atoms with van der Waals surface area (Å²) < 4.78 is 1.81. The van der Waals surface area contributed by atoms with Crippen LogP contribution in [0.2, 0.25) is 0 Å². The first-order valence-corrected chi connectivity index (χ1v) is 6.56. The first-order chi connectivity index (χ1) is 9.38. The molecular formula is C17H18N2O. The van der Waals surface area contributed by atoms with Gasteiger partial charge < -0.3 is 4.57 Å². The van der Waals surface area contributed by atoms with Gasteiger partial charge in [-0.3, -0.25) is 4.79 Å². The van der Waals surface area contributed by atoms with Crippen molar-refractivity contribution in [2.75, 3.05) is 0 Å². The van der Waals surface area contributed by atoms with Gasteiger partial charge in [-0.1, -0.05) is 23.8 Å². The number of nitrogens with zero attached hydrogens (tertiary/aromatic N) is 2. The first kappa shape index (κ1) is 14.1. The molecule has 1 heterocycles. The maximum Gasteiger partial charge on any atom is 0.209 e. The highest BCUT2D eigenvalue weighted by atomic mass is 16.1. The lowest BCUT2D eigenvalue weighted by molar-refractivity contribution is 0.103. The minimum Gasteiger partial charge on any atom is -0.344 e. The molecule has 3 heteroatoms. The molecule has 0 saturated heterocycles. The number of nitriles is 1. The van der Waals surface area contributed by atoms with Crippen LogP contribution in [0.15, 0.2) is 18.2 Å². The van der Waals surface area contributed by atoms with Crippen molar-refractivity contribution in [3.05, 3.63) is 57.4 Å². The van der Waals surface area contributed by atoms with Crippen molar-refractivity contribution in [3.63, 3.8) is 0 Å². The fourth-order valence-electron chi connectivity index (χ4n) is 2.66. The average molecular weight is 266 g/mol. The topological polar surface area (TPSA) is 45.8 Å². The van der Waals surface area contributed by atoms with Crippen molar-refractivity contribution in [2.45, 2.75) is 27.7 Å². The Hall–Kier alpha value is -2.34. The molecule has 0 fully saturated rings. The first-order valence-electron chi connectivity index (χ1n) is 6.56. The third-order valence-corrected chi connectivity index (χ3v) is 3.88. The lowest BCUT2D eigenvalue weighted by Crippen LogP contribution is -2.11. The Morgan fingerprint density at radius 2 is 1.85 bits per heavy atom. The Labute approximate surface area is 119 Å². The largest absolute Gasteiger partial charge is 0.344 e. The average Bonchev–Trinajstić information content (AvgIpc) is 2.59. The molecule has 2 rings (SSSR count). The van der Waals surface area contributed by atoms with Crippen molar-refractivity contribution in [2.24, 2.45) is 7.05 Å². The number of aryl methyl sites for hydroxylation is 2.